The fourth-order valence-electron chi connectivity index (χ4n) is 0.889. The summed E-state index contributed by atoms with van der Waals surface area (Å²) < 4.78 is 0. The van der Waals surface area contributed by atoms with Crippen molar-refractivity contribution in [3.8, 4) is 0 Å². The Morgan fingerprint density at radius 3 is 2.45 bits per heavy atom. The van der Waals surface area contributed by atoms with Gasteiger partial charge in [0, 0.05) is 0 Å². The monoisotopic (exact) mass is 148 g/mol. The van der Waals surface area contributed by atoms with Crippen LogP contribution in [0, 0.1) is 0 Å². The predicted octanol–water partition coefficient (Wildman–Crippen LogP) is 1.88. The van der Waals surface area contributed by atoms with Crippen LogP contribution >= 0.6 is 0 Å². The van der Waals surface area contributed by atoms with Crippen molar-refractivity contribution >= 4 is 17.5 Å². The molecule has 0 spiro atoms. The molecule has 1 aromatic carbocycles. The maximum Gasteiger partial charge on any atom is 0.0553 e. The molecule has 0 radical (unpaired) electrons. The summed E-state index contributed by atoms with van der Waals surface area (Å²) in [5, 5.41) is 0. The highest BCUT2D eigenvalue weighted by atomic mass is 14.7. The van der Waals surface area contributed by atoms with Gasteiger partial charge in [0.05, 0.1) is 11.4 Å². The summed E-state index contributed by atoms with van der Waals surface area (Å²) in [5.41, 5.74) is 13.5. The fourth-order valence-corrected chi connectivity index (χ4v) is 0.889. The van der Waals surface area contributed by atoms with Gasteiger partial charge in [0.25, 0.3) is 0 Å². The van der Waals surface area contributed by atoms with Crippen LogP contribution in [0.2, 0.25) is 0 Å². The molecule has 0 fully saturated rings. The highest BCUT2D eigenvalue weighted by Crippen LogP contribution is 2.16. The van der Waals surface area contributed by atoms with E-state index in [0.717, 1.165) is 5.56 Å². The number of allylic oxidation sites excluding steroid dienone is 1. The Morgan fingerprint density at radius 1 is 1.18 bits per heavy atom. The Labute approximate surface area is 66.5 Å². The molecule has 0 amide bonds. The molecule has 2 nitrogen and oxygen atoms in total. The molecule has 0 aliphatic rings. The number of benzene rings is 1. The molecule has 0 aliphatic heterocycles. The van der Waals surface area contributed by atoms with Crippen molar-refractivity contribution in [3.05, 3.63) is 29.8 Å². The zero-order chi connectivity index (χ0) is 8.27. The van der Waals surface area contributed by atoms with E-state index in [4.69, 9.17) is 11.5 Å². The van der Waals surface area contributed by atoms with Crippen LogP contribution < -0.4 is 11.5 Å². The van der Waals surface area contributed by atoms with Crippen LogP contribution in [-0.2, 0) is 0 Å². The molecule has 1 rings (SSSR count). The molecular weight excluding hydrogens is 136 g/mol. The Kier molecular flexibility index (Phi) is 2.16. The quantitative estimate of drug-likeness (QED) is 0.597. The smallest absolute Gasteiger partial charge is 0.0553 e. The Morgan fingerprint density at radius 2 is 1.91 bits per heavy atom. The van der Waals surface area contributed by atoms with E-state index in [1.165, 1.54) is 0 Å². The summed E-state index contributed by atoms with van der Waals surface area (Å²) in [7, 11) is 0. The number of rotatable bonds is 1. The normalized spacial score (nSPS) is 10.6. The molecular formula is C9H12N2. The summed E-state index contributed by atoms with van der Waals surface area (Å²) in [6, 6.07) is 5.60. The van der Waals surface area contributed by atoms with Gasteiger partial charge in [-0.25, -0.2) is 0 Å². The third-order valence-corrected chi connectivity index (χ3v) is 1.47. The van der Waals surface area contributed by atoms with Gasteiger partial charge in [0.1, 0.15) is 0 Å². The van der Waals surface area contributed by atoms with E-state index in [1.54, 1.807) is 0 Å². The van der Waals surface area contributed by atoms with Crippen molar-refractivity contribution < 1.29 is 0 Å². The van der Waals surface area contributed by atoms with Gasteiger partial charge in [-0.1, -0.05) is 18.2 Å². The first kappa shape index (κ1) is 7.66. The van der Waals surface area contributed by atoms with Crippen LogP contribution in [-0.4, -0.2) is 0 Å². The second kappa shape index (κ2) is 3.10. The van der Waals surface area contributed by atoms with Crippen molar-refractivity contribution in [3.63, 3.8) is 0 Å². The fraction of sp³-hybridized carbons (Fsp3) is 0.111. The zero-order valence-corrected chi connectivity index (χ0v) is 6.54. The van der Waals surface area contributed by atoms with Gasteiger partial charge in [0.15, 0.2) is 0 Å². The lowest BCUT2D eigenvalue weighted by Crippen LogP contribution is -1.93. The second-order valence-corrected chi connectivity index (χ2v) is 2.39. The molecule has 0 saturated heterocycles. The van der Waals surface area contributed by atoms with Crippen molar-refractivity contribution in [1.82, 2.24) is 0 Å². The zero-order valence-electron chi connectivity index (χ0n) is 6.54. The highest BCUT2D eigenvalue weighted by molar-refractivity contribution is 5.68. The molecule has 11 heavy (non-hydrogen) atoms. The maximum atomic E-state index is 5.59. The lowest BCUT2D eigenvalue weighted by atomic mass is 10.1. The van der Waals surface area contributed by atoms with Crippen molar-refractivity contribution in [2.24, 2.45) is 0 Å². The number of anilines is 2. The minimum absolute atomic E-state index is 0.637. The molecule has 4 N–H and O–H groups in total. The van der Waals surface area contributed by atoms with E-state index in [-0.39, 0.29) is 0 Å². The van der Waals surface area contributed by atoms with Gasteiger partial charge in [-0.3, -0.25) is 0 Å². The standard InChI is InChI=1S/C9H12N2/c1-2-3-7-4-5-8(10)9(11)6-7/h2-6H,10-11H2,1H3/b3-2+. The Balaban J connectivity index is 3.05. The van der Waals surface area contributed by atoms with Crippen LogP contribution in [0.15, 0.2) is 24.3 Å². The maximum absolute atomic E-state index is 5.59. The van der Waals surface area contributed by atoms with E-state index < -0.39 is 0 Å². The average Bonchev–Trinajstić information content (AvgIpc) is 1.98. The molecule has 0 aliphatic carbocycles. The lowest BCUT2D eigenvalue weighted by molar-refractivity contribution is 1.62. The van der Waals surface area contributed by atoms with Crippen molar-refractivity contribution in [2.75, 3.05) is 11.5 Å². The van der Waals surface area contributed by atoms with Gasteiger partial charge in [0.2, 0.25) is 0 Å². The summed E-state index contributed by atoms with van der Waals surface area (Å²) in [5.74, 6) is 0. The first-order chi connectivity index (χ1) is 5.24. The number of hydrogen-bond donors (Lipinski definition) is 2. The van der Waals surface area contributed by atoms with Crippen LogP contribution in [0.25, 0.3) is 6.08 Å². The van der Waals surface area contributed by atoms with Crippen LogP contribution in [0.3, 0.4) is 0 Å². The first-order valence-corrected chi connectivity index (χ1v) is 3.51. The number of hydrogen-bond acceptors (Lipinski definition) is 2. The topological polar surface area (TPSA) is 52.0 Å². The van der Waals surface area contributed by atoms with Crippen LogP contribution in [0.5, 0.6) is 0 Å². The summed E-state index contributed by atoms with van der Waals surface area (Å²) >= 11 is 0. The van der Waals surface area contributed by atoms with Crippen LogP contribution in [0.4, 0.5) is 11.4 Å². The second-order valence-electron chi connectivity index (χ2n) is 2.39. The molecule has 2 heteroatoms. The van der Waals surface area contributed by atoms with E-state index >= 15 is 0 Å². The summed E-state index contributed by atoms with van der Waals surface area (Å²) in [6.07, 6.45) is 3.95. The third-order valence-electron chi connectivity index (χ3n) is 1.47. The lowest BCUT2D eigenvalue weighted by Gasteiger charge is -1.99. The van der Waals surface area contributed by atoms with Gasteiger partial charge in [-0.05, 0) is 24.6 Å². The van der Waals surface area contributed by atoms with E-state index in [9.17, 15) is 0 Å². The third kappa shape index (κ3) is 1.74. The molecule has 0 unspecified atom stereocenters. The van der Waals surface area contributed by atoms with Gasteiger partial charge in [-0.2, -0.15) is 0 Å². The van der Waals surface area contributed by atoms with E-state index in [0.29, 0.717) is 11.4 Å². The minimum Gasteiger partial charge on any atom is -0.397 e. The highest BCUT2D eigenvalue weighted by Gasteiger charge is 1.92. The molecule has 0 atom stereocenters. The minimum atomic E-state index is 0.637. The van der Waals surface area contributed by atoms with Crippen LogP contribution in [0.1, 0.15) is 12.5 Å². The molecule has 1 aromatic rings. The van der Waals surface area contributed by atoms with Gasteiger partial charge in [-0.15, -0.1) is 0 Å². The van der Waals surface area contributed by atoms with E-state index in [2.05, 4.69) is 0 Å². The van der Waals surface area contributed by atoms with Crippen molar-refractivity contribution in [2.45, 2.75) is 6.92 Å². The summed E-state index contributed by atoms with van der Waals surface area (Å²) in [6.45, 7) is 1.96. The molecule has 0 aromatic heterocycles. The van der Waals surface area contributed by atoms with E-state index in [1.807, 2.05) is 37.3 Å². The first-order valence-electron chi connectivity index (χ1n) is 3.51. The SMILES string of the molecule is C/C=C/c1ccc(N)c(N)c1. The Bertz CT molecular complexity index is 277. The summed E-state index contributed by atoms with van der Waals surface area (Å²) in [4.78, 5) is 0. The molecule has 0 bridgehead atoms. The number of nitrogens with two attached hydrogens (primary N) is 2. The van der Waals surface area contributed by atoms with Crippen molar-refractivity contribution in [1.29, 1.82) is 0 Å². The molecule has 0 saturated carbocycles. The van der Waals surface area contributed by atoms with Gasteiger partial charge < -0.3 is 11.5 Å². The molecule has 58 valence electrons. The Hall–Kier alpha value is -1.44. The predicted molar refractivity (Wildman–Crippen MR) is 50.0 cm³/mol. The number of nitrogen functional groups attached to an aromatic ring is 2. The largest absolute Gasteiger partial charge is 0.397 e. The average molecular weight is 148 g/mol. The van der Waals surface area contributed by atoms with Gasteiger partial charge >= 0.3 is 0 Å². The molecule has 0 heterocycles.